The summed E-state index contributed by atoms with van der Waals surface area (Å²) >= 11 is 0. The van der Waals surface area contributed by atoms with Crippen LogP contribution in [0, 0.1) is 5.92 Å². The molecule has 9 heteroatoms. The number of rotatable bonds is 12. The average molecular weight is 538 g/mol. The minimum atomic E-state index is -0.834. The molecule has 0 saturated carbocycles. The van der Waals surface area contributed by atoms with Crippen molar-refractivity contribution in [3.05, 3.63) is 53.1 Å². The molecule has 3 aliphatic rings. The average Bonchev–Trinajstić information content (AvgIpc) is 3.68. The van der Waals surface area contributed by atoms with Gasteiger partial charge in [-0.05, 0) is 48.1 Å². The minimum absolute atomic E-state index is 0.00313. The molecule has 3 heterocycles. The molecule has 0 spiro atoms. The number of hydrogen-bond donors (Lipinski definition) is 2. The van der Waals surface area contributed by atoms with Crippen LogP contribution in [0.4, 0.5) is 0 Å². The summed E-state index contributed by atoms with van der Waals surface area (Å²) in [5.74, 6) is 0.612. The number of aryl methyl sites for hydroxylation is 1. The first-order chi connectivity index (χ1) is 19.0. The zero-order valence-electron chi connectivity index (χ0n) is 22.6. The first-order valence-corrected chi connectivity index (χ1v) is 14.1. The molecule has 9 nitrogen and oxygen atoms in total. The Bertz CT molecular complexity index is 1190. The van der Waals surface area contributed by atoms with E-state index in [2.05, 4.69) is 17.9 Å². The Morgan fingerprint density at radius 3 is 2.79 bits per heavy atom. The number of carbonyl (C=O) groups excluding carboxylic acids is 1. The SMILES string of the molecule is CCCCN(CCN)C(=O)CN1C[C@H](c2ccc3c(c2)CCO3)[C@@H](C(=O)O)[C@@H]1CCc1cccc2c1OCO2. The first kappa shape index (κ1) is 27.3. The highest BCUT2D eigenvalue weighted by Crippen LogP contribution is 2.42. The van der Waals surface area contributed by atoms with Gasteiger partial charge < -0.3 is 30.0 Å². The van der Waals surface area contributed by atoms with Gasteiger partial charge in [-0.3, -0.25) is 14.5 Å². The van der Waals surface area contributed by atoms with Gasteiger partial charge in [-0.1, -0.05) is 37.6 Å². The van der Waals surface area contributed by atoms with Crippen LogP contribution in [0.15, 0.2) is 36.4 Å². The molecule has 210 valence electrons. The maximum absolute atomic E-state index is 13.5. The molecule has 3 atom stereocenters. The number of nitrogens with zero attached hydrogens (tertiary/aromatic N) is 2. The number of para-hydroxylation sites is 1. The largest absolute Gasteiger partial charge is 0.493 e. The van der Waals surface area contributed by atoms with Crippen LogP contribution in [0.2, 0.25) is 0 Å². The van der Waals surface area contributed by atoms with Gasteiger partial charge in [0.15, 0.2) is 11.5 Å². The third-order valence-electron chi connectivity index (χ3n) is 8.23. The van der Waals surface area contributed by atoms with Crippen LogP contribution in [-0.4, -0.2) is 78.9 Å². The molecule has 5 rings (SSSR count). The Morgan fingerprint density at radius 1 is 1.13 bits per heavy atom. The summed E-state index contributed by atoms with van der Waals surface area (Å²) in [6.45, 7) is 5.18. The summed E-state index contributed by atoms with van der Waals surface area (Å²) in [6, 6.07) is 11.5. The lowest BCUT2D eigenvalue weighted by Gasteiger charge is -2.29. The predicted octanol–water partition coefficient (Wildman–Crippen LogP) is 3.04. The Kier molecular flexibility index (Phi) is 8.57. The number of amides is 1. The lowest BCUT2D eigenvalue weighted by molar-refractivity contribution is -0.143. The number of benzene rings is 2. The molecule has 1 fully saturated rings. The lowest BCUT2D eigenvalue weighted by atomic mass is 9.83. The number of aliphatic carboxylic acids is 1. The van der Waals surface area contributed by atoms with Gasteiger partial charge in [0.2, 0.25) is 12.7 Å². The molecule has 2 aromatic rings. The number of carboxylic acid groups (broad SMARTS) is 1. The summed E-state index contributed by atoms with van der Waals surface area (Å²) in [6.07, 6.45) is 3.93. The quantitative estimate of drug-likeness (QED) is 0.425. The number of nitrogens with two attached hydrogens (primary N) is 1. The number of likely N-dealkylation sites (tertiary alicyclic amines) is 1. The van der Waals surface area contributed by atoms with Gasteiger partial charge in [0.05, 0.1) is 19.1 Å². The highest BCUT2D eigenvalue weighted by molar-refractivity contribution is 5.79. The smallest absolute Gasteiger partial charge is 0.308 e. The van der Waals surface area contributed by atoms with Gasteiger partial charge in [-0.2, -0.15) is 0 Å². The zero-order chi connectivity index (χ0) is 27.4. The van der Waals surface area contributed by atoms with E-state index in [1.165, 1.54) is 0 Å². The normalized spacial score (nSPS) is 21.5. The van der Waals surface area contributed by atoms with Crippen molar-refractivity contribution in [1.82, 2.24) is 9.80 Å². The van der Waals surface area contributed by atoms with Gasteiger partial charge in [0.25, 0.3) is 0 Å². The fourth-order valence-electron chi connectivity index (χ4n) is 6.26. The summed E-state index contributed by atoms with van der Waals surface area (Å²) in [5, 5.41) is 10.5. The molecule has 0 bridgehead atoms. The highest BCUT2D eigenvalue weighted by Gasteiger charge is 2.47. The molecule has 0 aromatic heterocycles. The molecule has 0 radical (unpaired) electrons. The summed E-state index contributed by atoms with van der Waals surface area (Å²) < 4.78 is 16.9. The second-order valence-corrected chi connectivity index (χ2v) is 10.6. The number of ether oxygens (including phenoxy) is 3. The van der Waals surface area contributed by atoms with Crippen molar-refractivity contribution < 1.29 is 28.9 Å². The molecule has 1 saturated heterocycles. The molecule has 39 heavy (non-hydrogen) atoms. The van der Waals surface area contributed by atoms with Crippen molar-refractivity contribution in [1.29, 1.82) is 0 Å². The van der Waals surface area contributed by atoms with Crippen molar-refractivity contribution in [2.24, 2.45) is 11.7 Å². The summed E-state index contributed by atoms with van der Waals surface area (Å²) in [4.78, 5) is 30.2. The van der Waals surface area contributed by atoms with E-state index < -0.39 is 11.9 Å². The van der Waals surface area contributed by atoms with Gasteiger partial charge >= 0.3 is 5.97 Å². The summed E-state index contributed by atoms with van der Waals surface area (Å²) in [7, 11) is 0. The number of fused-ring (bicyclic) bond motifs is 2. The van der Waals surface area contributed by atoms with Crippen molar-refractivity contribution in [3.63, 3.8) is 0 Å². The van der Waals surface area contributed by atoms with Crippen molar-refractivity contribution in [2.45, 2.75) is 51.0 Å². The van der Waals surface area contributed by atoms with Crippen LogP contribution in [0.1, 0.15) is 48.8 Å². The molecule has 1 amide bonds. The van der Waals surface area contributed by atoms with Crippen LogP contribution in [0.3, 0.4) is 0 Å². The number of hydrogen-bond acceptors (Lipinski definition) is 7. The highest BCUT2D eigenvalue weighted by atomic mass is 16.7. The van der Waals surface area contributed by atoms with Gasteiger partial charge in [0.1, 0.15) is 5.75 Å². The molecule has 3 aliphatic heterocycles. The molecular formula is C30H39N3O6. The maximum atomic E-state index is 13.5. The van der Waals surface area contributed by atoms with Crippen molar-refractivity contribution in [2.75, 3.05) is 46.1 Å². The van der Waals surface area contributed by atoms with Crippen molar-refractivity contribution in [3.8, 4) is 17.2 Å². The fraction of sp³-hybridized carbons (Fsp3) is 0.533. The van der Waals surface area contributed by atoms with Gasteiger partial charge in [0, 0.05) is 44.6 Å². The lowest BCUT2D eigenvalue weighted by Crippen LogP contribution is -2.45. The van der Waals surface area contributed by atoms with E-state index in [1.54, 1.807) is 0 Å². The van der Waals surface area contributed by atoms with E-state index in [0.717, 1.165) is 47.5 Å². The summed E-state index contributed by atoms with van der Waals surface area (Å²) in [5.41, 5.74) is 8.92. The number of unbranched alkanes of at least 4 members (excludes halogenated alkanes) is 1. The Morgan fingerprint density at radius 2 is 2.00 bits per heavy atom. The van der Waals surface area contributed by atoms with Gasteiger partial charge in [-0.15, -0.1) is 0 Å². The van der Waals surface area contributed by atoms with E-state index in [4.69, 9.17) is 19.9 Å². The molecule has 3 N–H and O–H groups in total. The van der Waals surface area contributed by atoms with Crippen LogP contribution >= 0.6 is 0 Å². The number of carboxylic acids is 1. The molecule has 2 aromatic carbocycles. The predicted molar refractivity (Wildman–Crippen MR) is 146 cm³/mol. The van der Waals surface area contributed by atoms with E-state index in [-0.39, 0.29) is 31.2 Å². The first-order valence-electron chi connectivity index (χ1n) is 14.1. The monoisotopic (exact) mass is 537 g/mol. The Balaban J connectivity index is 1.42. The van der Waals surface area contributed by atoms with Crippen LogP contribution in [-0.2, 0) is 22.4 Å². The third kappa shape index (κ3) is 5.84. The fourth-order valence-corrected chi connectivity index (χ4v) is 6.26. The molecule has 0 unspecified atom stereocenters. The molecule has 0 aliphatic carbocycles. The van der Waals surface area contributed by atoms with Gasteiger partial charge in [-0.25, -0.2) is 0 Å². The van der Waals surface area contributed by atoms with Crippen molar-refractivity contribution >= 4 is 11.9 Å². The third-order valence-corrected chi connectivity index (χ3v) is 8.23. The second kappa shape index (κ2) is 12.3. The number of carbonyl (C=O) groups is 2. The van der Waals surface area contributed by atoms with E-state index in [9.17, 15) is 14.7 Å². The topological polar surface area (TPSA) is 115 Å². The Hall–Kier alpha value is -3.30. The maximum Gasteiger partial charge on any atom is 0.308 e. The van der Waals surface area contributed by atoms with Crippen LogP contribution < -0.4 is 19.9 Å². The van der Waals surface area contributed by atoms with Crippen LogP contribution in [0.25, 0.3) is 0 Å². The molecular weight excluding hydrogens is 498 g/mol. The zero-order valence-corrected chi connectivity index (χ0v) is 22.6. The minimum Gasteiger partial charge on any atom is -0.493 e. The standard InChI is InChI=1S/C30H39N3O6/c1-2-3-13-32(14-12-31)27(34)18-33-17-23(21-8-10-25-22(16-21)11-15-37-25)28(30(35)36)24(33)9-7-20-5-4-6-26-29(20)39-19-38-26/h4-6,8,10,16,23-24,28H,2-3,7,9,11-15,17-19,31H2,1H3,(H,35,36)/t23-,24+,28-/m1/s1. The van der Waals surface area contributed by atoms with E-state index in [1.807, 2.05) is 35.2 Å². The Labute approximate surface area is 229 Å². The van der Waals surface area contributed by atoms with Crippen LogP contribution in [0.5, 0.6) is 17.2 Å². The van der Waals surface area contributed by atoms with E-state index >= 15 is 0 Å². The second-order valence-electron chi connectivity index (χ2n) is 10.6. The van der Waals surface area contributed by atoms with E-state index in [0.29, 0.717) is 51.4 Å².